The predicted octanol–water partition coefficient (Wildman–Crippen LogP) is 5.98. The normalized spacial score (nSPS) is 11.6. The molecule has 1 N–H and O–H groups in total. The van der Waals surface area contributed by atoms with Gasteiger partial charge in [-0.05, 0) is 34.9 Å². The van der Waals surface area contributed by atoms with Crippen molar-refractivity contribution < 1.29 is 5.11 Å². The molecule has 0 saturated heterocycles. The Labute approximate surface area is 136 Å². The van der Waals surface area contributed by atoms with Crippen molar-refractivity contribution in [2.24, 2.45) is 0 Å². The van der Waals surface area contributed by atoms with Crippen LogP contribution < -0.4 is 0 Å². The molecule has 22 heavy (non-hydrogen) atoms. The molecule has 2 rings (SSSR count). The molecule has 120 valence electrons. The van der Waals surface area contributed by atoms with Gasteiger partial charge >= 0.3 is 0 Å². The summed E-state index contributed by atoms with van der Waals surface area (Å²) < 4.78 is 0. The highest BCUT2D eigenvalue weighted by molar-refractivity contribution is 5.36. The Morgan fingerprint density at radius 1 is 0.682 bits per heavy atom. The highest BCUT2D eigenvalue weighted by Gasteiger charge is 2.16. The van der Waals surface area contributed by atoms with Crippen molar-refractivity contribution in [1.29, 1.82) is 0 Å². The summed E-state index contributed by atoms with van der Waals surface area (Å²) in [7, 11) is 0. The van der Waals surface area contributed by atoms with E-state index in [1.54, 1.807) is 6.07 Å². The maximum absolute atomic E-state index is 9.45. The summed E-state index contributed by atoms with van der Waals surface area (Å²) in [5, 5.41) is 9.45. The van der Waals surface area contributed by atoms with E-state index < -0.39 is 0 Å². The van der Waals surface area contributed by atoms with Crippen molar-refractivity contribution in [3.8, 4) is 5.75 Å². The summed E-state index contributed by atoms with van der Waals surface area (Å²) in [4.78, 5) is 0. The average Bonchev–Trinajstić information content (AvgIpc) is 2.38. The minimum atomic E-state index is 0.0331. The van der Waals surface area contributed by atoms with Crippen molar-refractivity contribution in [2.45, 2.75) is 59.3 Å². The SMILES string of the molecule is CC(C)(C)c1ccccc1O.Cc1ccc(C(C)(C)C)cc1. The minimum absolute atomic E-state index is 0.0331. The molecule has 0 unspecified atom stereocenters. The summed E-state index contributed by atoms with van der Waals surface area (Å²) >= 11 is 0. The molecule has 0 spiro atoms. The van der Waals surface area contributed by atoms with Gasteiger partial charge in [-0.3, -0.25) is 0 Å². The molecule has 0 atom stereocenters. The number of rotatable bonds is 0. The van der Waals surface area contributed by atoms with E-state index in [0.717, 1.165) is 5.56 Å². The third-order valence-electron chi connectivity index (χ3n) is 3.63. The summed E-state index contributed by atoms with van der Waals surface area (Å²) in [6.07, 6.45) is 0. The second-order valence-corrected chi connectivity index (χ2v) is 7.88. The lowest BCUT2D eigenvalue weighted by Gasteiger charge is -2.19. The number of phenols is 1. The van der Waals surface area contributed by atoms with Gasteiger partial charge in [-0.25, -0.2) is 0 Å². The average molecular weight is 298 g/mol. The largest absolute Gasteiger partial charge is 0.508 e. The van der Waals surface area contributed by atoms with Crippen LogP contribution in [0.2, 0.25) is 0 Å². The van der Waals surface area contributed by atoms with Crippen molar-refractivity contribution in [2.75, 3.05) is 0 Å². The van der Waals surface area contributed by atoms with Gasteiger partial charge in [-0.15, -0.1) is 0 Å². The van der Waals surface area contributed by atoms with Gasteiger partial charge in [-0.1, -0.05) is 89.6 Å². The number of phenolic OH excluding ortho intramolecular Hbond substituents is 1. The van der Waals surface area contributed by atoms with E-state index in [4.69, 9.17) is 0 Å². The highest BCUT2D eigenvalue weighted by Crippen LogP contribution is 2.29. The Morgan fingerprint density at radius 2 is 1.18 bits per heavy atom. The van der Waals surface area contributed by atoms with Crippen LogP contribution >= 0.6 is 0 Å². The standard InChI is InChI=1S/C11H16.C10H14O/c1-9-5-7-10(8-6-9)11(2,3)4;1-10(2,3)8-6-4-5-7-9(8)11/h5-8H,1-4H3;4-7,11H,1-3H3. The number of hydrogen-bond donors (Lipinski definition) is 1. The molecule has 0 aliphatic rings. The molecule has 2 aromatic rings. The van der Waals surface area contributed by atoms with Crippen LogP contribution in [-0.2, 0) is 10.8 Å². The highest BCUT2D eigenvalue weighted by atomic mass is 16.3. The van der Waals surface area contributed by atoms with Gasteiger partial charge in [0.15, 0.2) is 0 Å². The second kappa shape index (κ2) is 7.00. The van der Waals surface area contributed by atoms with E-state index in [1.807, 2.05) is 18.2 Å². The van der Waals surface area contributed by atoms with Gasteiger partial charge in [0.05, 0.1) is 0 Å². The first-order valence-electron chi connectivity index (χ1n) is 7.87. The van der Waals surface area contributed by atoms with Crippen LogP contribution in [0.4, 0.5) is 0 Å². The predicted molar refractivity (Wildman–Crippen MR) is 96.7 cm³/mol. The third kappa shape index (κ3) is 5.55. The quantitative estimate of drug-likeness (QED) is 0.634. The van der Waals surface area contributed by atoms with Crippen LogP contribution in [0.1, 0.15) is 58.2 Å². The number of para-hydroxylation sites is 1. The van der Waals surface area contributed by atoms with Gasteiger partial charge in [0, 0.05) is 0 Å². The maximum atomic E-state index is 9.45. The number of aromatic hydroxyl groups is 1. The molecule has 2 aromatic carbocycles. The molecule has 0 aliphatic carbocycles. The van der Waals surface area contributed by atoms with Crippen LogP contribution in [0, 0.1) is 6.92 Å². The molecule has 0 heterocycles. The maximum Gasteiger partial charge on any atom is 0.119 e. The van der Waals surface area contributed by atoms with E-state index >= 15 is 0 Å². The van der Waals surface area contributed by atoms with Crippen molar-refractivity contribution in [3.63, 3.8) is 0 Å². The lowest BCUT2D eigenvalue weighted by Crippen LogP contribution is -2.10. The fourth-order valence-corrected chi connectivity index (χ4v) is 2.16. The first-order valence-corrected chi connectivity index (χ1v) is 7.87. The molecular formula is C21H30O. The van der Waals surface area contributed by atoms with Gasteiger partial charge in [0.1, 0.15) is 5.75 Å². The minimum Gasteiger partial charge on any atom is -0.508 e. The molecule has 0 saturated carbocycles. The van der Waals surface area contributed by atoms with E-state index in [9.17, 15) is 5.11 Å². The molecule has 1 heteroatoms. The molecule has 0 aromatic heterocycles. The van der Waals surface area contributed by atoms with E-state index in [-0.39, 0.29) is 10.8 Å². The monoisotopic (exact) mass is 298 g/mol. The van der Waals surface area contributed by atoms with Crippen molar-refractivity contribution in [1.82, 2.24) is 0 Å². The van der Waals surface area contributed by atoms with E-state index in [2.05, 4.69) is 72.7 Å². The zero-order valence-corrected chi connectivity index (χ0v) is 15.1. The lowest BCUT2D eigenvalue weighted by atomic mass is 9.86. The molecular weight excluding hydrogens is 268 g/mol. The number of hydrogen-bond acceptors (Lipinski definition) is 1. The second-order valence-electron chi connectivity index (χ2n) is 7.88. The molecule has 0 fully saturated rings. The third-order valence-corrected chi connectivity index (χ3v) is 3.63. The number of aryl methyl sites for hydroxylation is 1. The lowest BCUT2D eigenvalue weighted by molar-refractivity contribution is 0.447. The van der Waals surface area contributed by atoms with Crippen molar-refractivity contribution in [3.05, 3.63) is 65.2 Å². The zero-order chi connectivity index (χ0) is 17.0. The van der Waals surface area contributed by atoms with Gasteiger partial charge in [-0.2, -0.15) is 0 Å². The fraction of sp³-hybridized carbons (Fsp3) is 0.429. The Balaban J connectivity index is 0.000000220. The Bertz CT molecular complexity index is 581. The van der Waals surface area contributed by atoms with E-state index in [0.29, 0.717) is 5.75 Å². The molecule has 0 radical (unpaired) electrons. The summed E-state index contributed by atoms with van der Waals surface area (Å²) in [5.41, 5.74) is 4.06. The Morgan fingerprint density at radius 3 is 1.55 bits per heavy atom. The topological polar surface area (TPSA) is 20.2 Å². The Hall–Kier alpha value is -1.76. The van der Waals surface area contributed by atoms with Gasteiger partial charge in [0.2, 0.25) is 0 Å². The van der Waals surface area contributed by atoms with Crippen LogP contribution in [0.25, 0.3) is 0 Å². The number of benzene rings is 2. The summed E-state index contributed by atoms with van der Waals surface area (Å²) in [6, 6.07) is 16.2. The smallest absolute Gasteiger partial charge is 0.119 e. The van der Waals surface area contributed by atoms with E-state index in [1.165, 1.54) is 11.1 Å². The first kappa shape index (κ1) is 18.3. The molecule has 1 nitrogen and oxygen atoms in total. The molecule has 0 bridgehead atoms. The van der Waals surface area contributed by atoms with Crippen LogP contribution in [-0.4, -0.2) is 5.11 Å². The summed E-state index contributed by atoms with van der Waals surface area (Å²) in [5.74, 6) is 0.389. The van der Waals surface area contributed by atoms with Crippen molar-refractivity contribution >= 4 is 0 Å². The molecule has 0 aliphatic heterocycles. The van der Waals surface area contributed by atoms with Crippen LogP contribution in [0.3, 0.4) is 0 Å². The zero-order valence-electron chi connectivity index (χ0n) is 15.1. The fourth-order valence-electron chi connectivity index (χ4n) is 2.16. The Kier molecular flexibility index (Phi) is 5.82. The van der Waals surface area contributed by atoms with Crippen LogP contribution in [0.5, 0.6) is 5.75 Å². The first-order chi connectivity index (χ1) is 10.0. The molecule has 0 amide bonds. The van der Waals surface area contributed by atoms with Crippen LogP contribution in [0.15, 0.2) is 48.5 Å². The summed E-state index contributed by atoms with van der Waals surface area (Å²) in [6.45, 7) is 15.1. The van der Waals surface area contributed by atoms with Gasteiger partial charge < -0.3 is 5.11 Å². The van der Waals surface area contributed by atoms with Gasteiger partial charge in [0.25, 0.3) is 0 Å².